The molecule has 18 heavy (non-hydrogen) atoms. The number of hydrogen-bond donors (Lipinski definition) is 4. The van der Waals surface area contributed by atoms with E-state index in [1.54, 1.807) is 0 Å². The molecule has 0 aliphatic heterocycles. The molecule has 1 amide bonds. The lowest BCUT2D eigenvalue weighted by Gasteiger charge is -2.15. The van der Waals surface area contributed by atoms with E-state index in [9.17, 15) is 19.5 Å². The van der Waals surface area contributed by atoms with Gasteiger partial charge in [-0.05, 0) is 12.1 Å². The third kappa shape index (κ3) is 2.90. The zero-order valence-corrected chi connectivity index (χ0v) is 9.16. The van der Waals surface area contributed by atoms with Gasteiger partial charge < -0.3 is 21.3 Å². The van der Waals surface area contributed by atoms with E-state index in [1.807, 2.05) is 0 Å². The molecule has 0 fully saturated rings. The Labute approximate surface area is 104 Å². The third-order valence-corrected chi connectivity index (χ3v) is 2.24. The van der Waals surface area contributed by atoms with Gasteiger partial charge in [-0.25, -0.2) is 0 Å². The zero-order valence-electron chi connectivity index (χ0n) is 10.2. The van der Waals surface area contributed by atoms with Crippen molar-refractivity contribution in [3.8, 4) is 0 Å². The Kier molecular flexibility index (Phi) is 4.00. The maximum atomic E-state index is 11.9. The number of hydrogen-bond acceptors (Lipinski definition) is 5. The van der Waals surface area contributed by atoms with Crippen molar-refractivity contribution in [2.75, 3.05) is 5.32 Å². The number of aliphatic hydroxyl groups is 1. The zero-order chi connectivity index (χ0) is 14.6. The predicted molar refractivity (Wildman–Crippen MR) is 62.1 cm³/mol. The van der Waals surface area contributed by atoms with Crippen LogP contribution < -0.4 is 11.1 Å². The first-order valence-corrected chi connectivity index (χ1v) is 4.90. The van der Waals surface area contributed by atoms with Gasteiger partial charge in [0.2, 0.25) is 6.41 Å². The number of carbonyl (C=O) groups is 3. The van der Waals surface area contributed by atoms with Gasteiger partial charge in [0.15, 0.2) is 5.78 Å². The molecular formula is C11H12N2O5. The van der Waals surface area contributed by atoms with Crippen molar-refractivity contribution >= 4 is 23.9 Å². The van der Waals surface area contributed by atoms with Gasteiger partial charge in [0.05, 0.1) is 7.06 Å². The second kappa shape index (κ2) is 5.89. The summed E-state index contributed by atoms with van der Waals surface area (Å²) in [6, 6.07) is 1.91. The smallest absolute Gasteiger partial charge is 0.323 e. The highest BCUT2D eigenvalue weighted by Crippen LogP contribution is 2.17. The highest BCUT2D eigenvalue weighted by atomic mass is 16.4. The second-order valence-corrected chi connectivity index (χ2v) is 3.41. The van der Waals surface area contributed by atoms with Gasteiger partial charge in [-0.2, -0.15) is 0 Å². The van der Waals surface area contributed by atoms with Crippen molar-refractivity contribution in [2.45, 2.75) is 12.1 Å². The third-order valence-electron chi connectivity index (χ3n) is 2.24. The largest absolute Gasteiger partial charge is 0.480 e. The molecule has 5 N–H and O–H groups in total. The van der Waals surface area contributed by atoms with Crippen molar-refractivity contribution < 1.29 is 26.0 Å². The Bertz CT molecular complexity index is 520. The Morgan fingerprint density at radius 2 is 2.17 bits per heavy atom. The van der Waals surface area contributed by atoms with Crippen LogP contribution in [0.25, 0.3) is 0 Å². The number of ketones is 1. The van der Waals surface area contributed by atoms with Crippen molar-refractivity contribution in [3.63, 3.8) is 0 Å². The fourth-order valence-electron chi connectivity index (χ4n) is 1.28. The number of carboxylic acid groups (broad SMARTS) is 1. The van der Waals surface area contributed by atoms with Gasteiger partial charge in [-0.1, -0.05) is 12.1 Å². The summed E-state index contributed by atoms with van der Waals surface area (Å²) in [7, 11) is 0. The summed E-state index contributed by atoms with van der Waals surface area (Å²) in [5, 5.41) is 20.4. The first-order valence-electron chi connectivity index (χ1n) is 5.40. The first-order chi connectivity index (χ1) is 8.88. The van der Waals surface area contributed by atoms with Gasteiger partial charge in [-0.3, -0.25) is 14.4 Å². The van der Waals surface area contributed by atoms with Crippen LogP contribution in [-0.4, -0.2) is 40.5 Å². The molecule has 96 valence electrons. The fraction of sp³-hybridized carbons (Fsp3) is 0.182. The number of anilines is 1. The molecule has 0 radical (unpaired) electrons. The predicted octanol–water partition coefficient (Wildman–Crippen LogP) is -0.790. The molecule has 0 aliphatic carbocycles. The topological polar surface area (TPSA) is 130 Å². The van der Waals surface area contributed by atoms with Crippen LogP contribution >= 0.6 is 0 Å². The van der Waals surface area contributed by atoms with E-state index < -0.39 is 23.9 Å². The van der Waals surface area contributed by atoms with Crippen LogP contribution in [0.2, 0.25) is 0 Å². The highest BCUT2D eigenvalue weighted by molar-refractivity contribution is 6.07. The van der Waals surface area contributed by atoms with Gasteiger partial charge >= 0.3 is 5.97 Å². The molecule has 0 unspecified atom stereocenters. The molecule has 0 aliphatic rings. The molecule has 1 aromatic carbocycles. The molecule has 0 heterocycles. The Morgan fingerprint density at radius 3 is 2.72 bits per heavy atom. The minimum absolute atomic E-state index is 0.0316. The minimum atomic E-state index is -1.97. The molecule has 1 rings (SSSR count). The monoisotopic (exact) mass is 253 g/mol. The molecule has 0 saturated carbocycles. The van der Waals surface area contributed by atoms with Crippen molar-refractivity contribution in [3.05, 3.63) is 29.8 Å². The summed E-state index contributed by atoms with van der Waals surface area (Å²) in [5.74, 6) is -2.51. The molecule has 7 heteroatoms. The molecule has 1 aromatic rings. The molecule has 0 bridgehead atoms. The number of aliphatic carboxylic acids is 1. The Hall–Kier alpha value is -2.25. The number of carbonyl (C=O) groups excluding carboxylic acids is 2. The molecule has 0 saturated heterocycles. The SMILES string of the molecule is [2H]c1ccc(NC=O)c(C(=O)[C@H](O)[C@H](N)C(=O)O)c1. The number of para-hydroxylation sites is 1. The van der Waals surface area contributed by atoms with Crippen molar-refractivity contribution in [2.24, 2.45) is 5.73 Å². The van der Waals surface area contributed by atoms with Gasteiger partial charge in [0, 0.05) is 5.56 Å². The van der Waals surface area contributed by atoms with E-state index in [2.05, 4.69) is 5.32 Å². The lowest BCUT2D eigenvalue weighted by molar-refractivity contribution is -0.140. The Balaban J connectivity index is 3.13. The van der Waals surface area contributed by atoms with E-state index >= 15 is 0 Å². The van der Waals surface area contributed by atoms with Crippen LogP contribution in [0.4, 0.5) is 5.69 Å². The van der Waals surface area contributed by atoms with Crippen LogP contribution in [0.5, 0.6) is 0 Å². The van der Waals surface area contributed by atoms with Crippen molar-refractivity contribution in [1.82, 2.24) is 0 Å². The van der Waals surface area contributed by atoms with Crippen LogP contribution in [0.15, 0.2) is 24.2 Å². The summed E-state index contributed by atoms with van der Waals surface area (Å²) in [5.41, 5.74) is 5.04. The lowest BCUT2D eigenvalue weighted by atomic mass is 9.99. The van der Waals surface area contributed by atoms with E-state index in [0.717, 1.165) is 6.07 Å². The second-order valence-electron chi connectivity index (χ2n) is 3.41. The first kappa shape index (κ1) is 12.2. The van der Waals surface area contributed by atoms with Gasteiger partial charge in [0.25, 0.3) is 0 Å². The van der Waals surface area contributed by atoms with E-state index in [4.69, 9.17) is 12.2 Å². The maximum absolute atomic E-state index is 11.9. The number of carboxylic acids is 1. The van der Waals surface area contributed by atoms with Crippen LogP contribution in [0, 0.1) is 0 Å². The molecular weight excluding hydrogens is 240 g/mol. The number of amides is 1. The maximum Gasteiger partial charge on any atom is 0.323 e. The van der Waals surface area contributed by atoms with Gasteiger partial charge in [0.1, 0.15) is 12.1 Å². The Morgan fingerprint density at radius 1 is 1.50 bits per heavy atom. The van der Waals surface area contributed by atoms with Crippen molar-refractivity contribution in [1.29, 1.82) is 0 Å². The number of rotatable bonds is 6. The van der Waals surface area contributed by atoms with E-state index in [1.165, 1.54) is 12.1 Å². The number of nitrogens with one attached hydrogen (secondary N) is 1. The van der Waals surface area contributed by atoms with Crippen LogP contribution in [-0.2, 0) is 9.59 Å². The summed E-state index contributed by atoms with van der Waals surface area (Å²) in [6.07, 6.45) is -1.65. The average Bonchev–Trinajstić information content (AvgIpc) is 2.38. The normalized spacial score (nSPS) is 14.2. The molecule has 2 atom stereocenters. The number of Topliss-reactive ketones (excluding diaryl/α,β-unsaturated/α-hetero) is 1. The quantitative estimate of drug-likeness (QED) is 0.388. The van der Waals surface area contributed by atoms with Crippen LogP contribution in [0.1, 0.15) is 11.7 Å². The standard InChI is InChI=1S/C11H12N2O5/c12-8(11(17)18)10(16)9(15)6-3-1-2-4-7(6)13-5-14/h1-5,8,10,16H,12H2,(H,13,14)(H,17,18)/t8-,10+/m0/s1/i1D. The highest BCUT2D eigenvalue weighted by Gasteiger charge is 2.30. The summed E-state index contributed by atoms with van der Waals surface area (Å²) in [4.78, 5) is 32.9. The number of nitrogens with two attached hydrogens (primary N) is 1. The molecule has 0 spiro atoms. The molecule has 7 nitrogen and oxygen atoms in total. The molecule has 0 aromatic heterocycles. The van der Waals surface area contributed by atoms with E-state index in [0.29, 0.717) is 6.41 Å². The van der Waals surface area contributed by atoms with Gasteiger partial charge in [-0.15, -0.1) is 0 Å². The summed E-state index contributed by atoms with van der Waals surface area (Å²) < 4.78 is 7.39. The lowest BCUT2D eigenvalue weighted by Crippen LogP contribution is -2.46. The summed E-state index contributed by atoms with van der Waals surface area (Å²) in [6.45, 7) is 0. The van der Waals surface area contributed by atoms with Crippen LogP contribution in [0.3, 0.4) is 0 Å². The summed E-state index contributed by atoms with van der Waals surface area (Å²) >= 11 is 0. The fourth-order valence-corrected chi connectivity index (χ4v) is 1.28. The number of aliphatic hydroxyl groups excluding tert-OH is 1. The van der Waals surface area contributed by atoms with E-state index in [-0.39, 0.29) is 17.3 Å². The number of benzene rings is 1. The average molecular weight is 253 g/mol. The minimum Gasteiger partial charge on any atom is -0.480 e.